The van der Waals surface area contributed by atoms with Crippen LogP contribution in [0.25, 0.3) is 0 Å². The van der Waals surface area contributed by atoms with Crippen LogP contribution in [0.15, 0.2) is 54.6 Å². The molecule has 5 heteroatoms. The van der Waals surface area contributed by atoms with Crippen LogP contribution in [0.2, 0.25) is 0 Å². The number of aryl methyl sites for hydroxylation is 2. The predicted octanol–water partition coefficient (Wildman–Crippen LogP) is 5.21. The first-order chi connectivity index (χ1) is 12.9. The van der Waals surface area contributed by atoms with Crippen LogP contribution in [-0.4, -0.2) is 15.9 Å². The van der Waals surface area contributed by atoms with Crippen LogP contribution in [0, 0.1) is 13.8 Å². The highest BCUT2D eigenvalue weighted by Gasteiger charge is 2.11. The molecular weight excluding hydrogens is 336 g/mol. The van der Waals surface area contributed by atoms with E-state index in [0.29, 0.717) is 17.6 Å². The highest BCUT2D eigenvalue weighted by molar-refractivity contribution is 6.03. The van der Waals surface area contributed by atoms with E-state index in [4.69, 9.17) is 0 Å². The Morgan fingerprint density at radius 1 is 0.926 bits per heavy atom. The molecule has 0 saturated carbocycles. The lowest BCUT2D eigenvalue weighted by Gasteiger charge is -2.10. The standard InChI is InChI=1S/C22H24N4O/c1-14(2)17-8-10-18(11-9-17)25-22-23-16(4)13-20(26-22)21(27)24-19-7-5-6-15(3)12-19/h5-14H,1-4H3,(H,24,27)(H,23,25,26). The average molecular weight is 360 g/mol. The van der Waals surface area contributed by atoms with Gasteiger partial charge in [-0.3, -0.25) is 4.79 Å². The van der Waals surface area contributed by atoms with E-state index in [1.807, 2.05) is 50.2 Å². The van der Waals surface area contributed by atoms with Crippen LogP contribution < -0.4 is 10.6 Å². The molecule has 0 atom stereocenters. The fourth-order valence-corrected chi connectivity index (χ4v) is 2.74. The maximum Gasteiger partial charge on any atom is 0.274 e. The van der Waals surface area contributed by atoms with Gasteiger partial charge in [0.05, 0.1) is 0 Å². The molecule has 27 heavy (non-hydrogen) atoms. The number of benzene rings is 2. The van der Waals surface area contributed by atoms with Crippen molar-refractivity contribution in [2.45, 2.75) is 33.6 Å². The van der Waals surface area contributed by atoms with Gasteiger partial charge in [-0.2, -0.15) is 0 Å². The summed E-state index contributed by atoms with van der Waals surface area (Å²) in [6.45, 7) is 8.14. The lowest BCUT2D eigenvalue weighted by Crippen LogP contribution is -2.15. The van der Waals surface area contributed by atoms with Gasteiger partial charge >= 0.3 is 0 Å². The van der Waals surface area contributed by atoms with Crippen LogP contribution in [0.3, 0.4) is 0 Å². The molecule has 0 unspecified atom stereocenters. The molecule has 1 amide bonds. The number of rotatable bonds is 5. The maximum atomic E-state index is 12.6. The first kappa shape index (κ1) is 18.6. The van der Waals surface area contributed by atoms with E-state index in [9.17, 15) is 4.79 Å². The van der Waals surface area contributed by atoms with Crippen molar-refractivity contribution in [1.29, 1.82) is 0 Å². The Balaban J connectivity index is 1.78. The minimum absolute atomic E-state index is 0.260. The minimum Gasteiger partial charge on any atom is -0.324 e. The summed E-state index contributed by atoms with van der Waals surface area (Å²) in [7, 11) is 0. The molecule has 2 aromatic carbocycles. The van der Waals surface area contributed by atoms with Gasteiger partial charge < -0.3 is 10.6 Å². The third kappa shape index (κ3) is 4.91. The summed E-state index contributed by atoms with van der Waals surface area (Å²) in [4.78, 5) is 21.3. The second-order valence-electron chi connectivity index (χ2n) is 6.94. The van der Waals surface area contributed by atoms with Crippen LogP contribution in [0.1, 0.15) is 47.1 Å². The number of nitrogens with zero attached hydrogens (tertiary/aromatic N) is 2. The largest absolute Gasteiger partial charge is 0.324 e. The van der Waals surface area contributed by atoms with Gasteiger partial charge in [0.15, 0.2) is 0 Å². The molecule has 0 aliphatic rings. The zero-order chi connectivity index (χ0) is 19.4. The highest BCUT2D eigenvalue weighted by atomic mass is 16.1. The number of hydrogen-bond acceptors (Lipinski definition) is 4. The quantitative estimate of drug-likeness (QED) is 0.655. The van der Waals surface area contributed by atoms with Crippen LogP contribution >= 0.6 is 0 Å². The zero-order valence-corrected chi connectivity index (χ0v) is 16.1. The SMILES string of the molecule is Cc1cccc(NC(=O)c2cc(C)nc(Nc3ccc(C(C)C)cc3)n2)c1. The number of hydrogen-bond donors (Lipinski definition) is 2. The van der Waals surface area contributed by atoms with Gasteiger partial charge in [0.1, 0.15) is 5.69 Å². The average Bonchev–Trinajstić information content (AvgIpc) is 2.61. The zero-order valence-electron chi connectivity index (χ0n) is 16.1. The van der Waals surface area contributed by atoms with E-state index in [1.54, 1.807) is 6.07 Å². The Bertz CT molecular complexity index is 949. The van der Waals surface area contributed by atoms with Crippen molar-refractivity contribution in [1.82, 2.24) is 9.97 Å². The first-order valence-electron chi connectivity index (χ1n) is 9.01. The van der Waals surface area contributed by atoms with Crippen molar-refractivity contribution in [2.75, 3.05) is 10.6 Å². The topological polar surface area (TPSA) is 66.9 Å². The first-order valence-corrected chi connectivity index (χ1v) is 9.01. The molecule has 5 nitrogen and oxygen atoms in total. The number of aromatic nitrogens is 2. The summed E-state index contributed by atoms with van der Waals surface area (Å²) in [5, 5.41) is 6.06. The molecule has 0 fully saturated rings. The predicted molar refractivity (Wildman–Crippen MR) is 110 cm³/mol. The Morgan fingerprint density at radius 3 is 2.33 bits per heavy atom. The summed E-state index contributed by atoms with van der Waals surface area (Å²) >= 11 is 0. The van der Waals surface area contributed by atoms with Crippen LogP contribution in [-0.2, 0) is 0 Å². The Labute approximate surface area is 159 Å². The lowest BCUT2D eigenvalue weighted by atomic mass is 10.0. The molecule has 1 heterocycles. The van der Waals surface area contributed by atoms with Gasteiger partial charge in [0, 0.05) is 17.1 Å². The summed E-state index contributed by atoms with van der Waals surface area (Å²) in [6.07, 6.45) is 0. The molecule has 138 valence electrons. The number of anilines is 3. The van der Waals surface area contributed by atoms with Crippen molar-refractivity contribution in [3.63, 3.8) is 0 Å². The van der Waals surface area contributed by atoms with Gasteiger partial charge in [0.2, 0.25) is 5.95 Å². The molecule has 0 radical (unpaired) electrons. The summed E-state index contributed by atoms with van der Waals surface area (Å²) in [6, 6.07) is 17.5. The van der Waals surface area contributed by atoms with Crippen molar-refractivity contribution in [3.8, 4) is 0 Å². The summed E-state index contributed by atoms with van der Waals surface area (Å²) < 4.78 is 0. The van der Waals surface area contributed by atoms with Crippen LogP contribution in [0.5, 0.6) is 0 Å². The summed E-state index contributed by atoms with van der Waals surface area (Å²) in [5.74, 6) is 0.622. The number of amides is 1. The normalized spacial score (nSPS) is 10.7. The van der Waals surface area contributed by atoms with Gasteiger partial charge in [-0.1, -0.05) is 38.1 Å². The fraction of sp³-hybridized carbons (Fsp3) is 0.227. The van der Waals surface area contributed by atoms with E-state index >= 15 is 0 Å². The van der Waals surface area contributed by atoms with Crippen molar-refractivity contribution in [2.24, 2.45) is 0 Å². The molecule has 3 aromatic rings. The van der Waals surface area contributed by atoms with E-state index in [0.717, 1.165) is 22.6 Å². The molecule has 1 aromatic heterocycles. The van der Waals surface area contributed by atoms with Gasteiger partial charge in [0.25, 0.3) is 5.91 Å². The van der Waals surface area contributed by atoms with E-state index in [-0.39, 0.29) is 5.91 Å². The van der Waals surface area contributed by atoms with Crippen molar-refractivity contribution in [3.05, 3.63) is 77.1 Å². The second-order valence-corrected chi connectivity index (χ2v) is 6.94. The maximum absolute atomic E-state index is 12.6. The molecule has 0 aliphatic carbocycles. The molecule has 0 bridgehead atoms. The second kappa shape index (κ2) is 7.99. The molecule has 3 rings (SSSR count). The molecular formula is C22H24N4O. The van der Waals surface area contributed by atoms with E-state index in [2.05, 4.69) is 46.6 Å². The molecule has 0 saturated heterocycles. The lowest BCUT2D eigenvalue weighted by molar-refractivity contribution is 0.102. The Hall–Kier alpha value is -3.21. The van der Waals surface area contributed by atoms with Gasteiger partial charge in [-0.25, -0.2) is 9.97 Å². The Morgan fingerprint density at radius 2 is 1.67 bits per heavy atom. The molecule has 0 spiro atoms. The third-order valence-corrected chi connectivity index (χ3v) is 4.20. The highest BCUT2D eigenvalue weighted by Crippen LogP contribution is 2.20. The smallest absolute Gasteiger partial charge is 0.274 e. The van der Waals surface area contributed by atoms with Gasteiger partial charge in [-0.15, -0.1) is 0 Å². The van der Waals surface area contributed by atoms with Crippen LogP contribution in [0.4, 0.5) is 17.3 Å². The minimum atomic E-state index is -0.260. The monoisotopic (exact) mass is 360 g/mol. The number of carbonyl (C=O) groups is 1. The fourth-order valence-electron chi connectivity index (χ4n) is 2.74. The van der Waals surface area contributed by atoms with Crippen molar-refractivity contribution >= 4 is 23.2 Å². The summed E-state index contributed by atoms with van der Waals surface area (Å²) in [5.41, 5.74) is 5.03. The van der Waals surface area contributed by atoms with E-state index < -0.39 is 0 Å². The number of carbonyl (C=O) groups excluding carboxylic acids is 1. The number of nitrogens with one attached hydrogen (secondary N) is 2. The molecule has 2 N–H and O–H groups in total. The van der Waals surface area contributed by atoms with Crippen molar-refractivity contribution < 1.29 is 4.79 Å². The third-order valence-electron chi connectivity index (χ3n) is 4.20. The van der Waals surface area contributed by atoms with Gasteiger partial charge in [-0.05, 0) is 61.2 Å². The Kier molecular flexibility index (Phi) is 5.50. The van der Waals surface area contributed by atoms with E-state index in [1.165, 1.54) is 5.56 Å². The molecule has 0 aliphatic heterocycles.